The second-order valence-corrected chi connectivity index (χ2v) is 6.80. The highest BCUT2D eigenvalue weighted by atomic mass is 16.5. The van der Waals surface area contributed by atoms with Crippen LogP contribution in [0.15, 0.2) is 34.9 Å². The summed E-state index contributed by atoms with van der Waals surface area (Å²) in [5, 5.41) is 8.31. The lowest BCUT2D eigenvalue weighted by atomic mass is 10.1. The van der Waals surface area contributed by atoms with E-state index >= 15 is 0 Å². The second kappa shape index (κ2) is 6.40. The van der Waals surface area contributed by atoms with Crippen LogP contribution >= 0.6 is 0 Å². The van der Waals surface area contributed by atoms with Gasteiger partial charge < -0.3 is 9.42 Å². The van der Waals surface area contributed by atoms with Crippen LogP contribution in [0, 0.1) is 20.8 Å². The van der Waals surface area contributed by atoms with Gasteiger partial charge >= 0.3 is 0 Å². The maximum absolute atomic E-state index is 12.8. The summed E-state index contributed by atoms with van der Waals surface area (Å²) < 4.78 is 7.13. The monoisotopic (exact) mass is 351 g/mol. The van der Waals surface area contributed by atoms with Crippen molar-refractivity contribution in [3.63, 3.8) is 0 Å². The summed E-state index contributed by atoms with van der Waals surface area (Å²) in [5.74, 6) is 1.40. The van der Waals surface area contributed by atoms with Crippen LogP contribution in [-0.4, -0.2) is 43.8 Å². The van der Waals surface area contributed by atoms with Gasteiger partial charge in [-0.15, -0.1) is 0 Å². The van der Waals surface area contributed by atoms with E-state index in [0.29, 0.717) is 30.4 Å². The number of hydrogen-bond acceptors (Lipinski definition) is 5. The van der Waals surface area contributed by atoms with E-state index in [1.54, 1.807) is 6.92 Å². The maximum atomic E-state index is 12.8. The van der Waals surface area contributed by atoms with E-state index in [1.807, 2.05) is 53.8 Å². The Kier molecular flexibility index (Phi) is 4.06. The molecule has 4 rings (SSSR count). The van der Waals surface area contributed by atoms with Gasteiger partial charge in [0.25, 0.3) is 5.91 Å². The largest absolute Gasteiger partial charge is 0.339 e. The third-order valence-electron chi connectivity index (χ3n) is 4.74. The van der Waals surface area contributed by atoms with Crippen molar-refractivity contribution < 1.29 is 9.32 Å². The fourth-order valence-corrected chi connectivity index (χ4v) is 3.44. The molecule has 7 heteroatoms. The molecule has 0 aliphatic carbocycles. The third-order valence-corrected chi connectivity index (χ3v) is 4.74. The highest BCUT2D eigenvalue weighted by Crippen LogP contribution is 2.27. The molecule has 7 nitrogen and oxygen atoms in total. The predicted octanol–water partition coefficient (Wildman–Crippen LogP) is 2.81. The smallest absolute Gasteiger partial charge is 0.253 e. The zero-order valence-corrected chi connectivity index (χ0v) is 15.1. The zero-order chi connectivity index (χ0) is 18.3. The van der Waals surface area contributed by atoms with E-state index in [1.165, 1.54) is 0 Å². The number of aryl methyl sites for hydroxylation is 3. The first-order valence-electron chi connectivity index (χ1n) is 8.74. The zero-order valence-electron chi connectivity index (χ0n) is 15.1. The van der Waals surface area contributed by atoms with Gasteiger partial charge in [-0.05, 0) is 57.5 Å². The van der Waals surface area contributed by atoms with Gasteiger partial charge in [0.15, 0.2) is 5.82 Å². The number of likely N-dealkylation sites (tertiary alicyclic amines) is 1. The number of benzene rings is 1. The molecule has 0 radical (unpaired) electrons. The Morgan fingerprint density at radius 1 is 1.19 bits per heavy atom. The highest BCUT2D eigenvalue weighted by Gasteiger charge is 2.31. The molecule has 3 heterocycles. The molecule has 0 unspecified atom stereocenters. The Morgan fingerprint density at radius 3 is 2.58 bits per heavy atom. The maximum Gasteiger partial charge on any atom is 0.253 e. The summed E-state index contributed by atoms with van der Waals surface area (Å²) in [4.78, 5) is 18.9. The second-order valence-electron chi connectivity index (χ2n) is 6.80. The van der Waals surface area contributed by atoms with Crippen molar-refractivity contribution >= 4 is 5.91 Å². The lowest BCUT2D eigenvalue weighted by Crippen LogP contribution is -2.28. The highest BCUT2D eigenvalue weighted by molar-refractivity contribution is 5.94. The number of nitrogens with zero attached hydrogens (tertiary/aromatic N) is 5. The lowest BCUT2D eigenvalue weighted by Gasteiger charge is -2.16. The summed E-state index contributed by atoms with van der Waals surface area (Å²) in [5.41, 5.74) is 3.67. The molecule has 26 heavy (non-hydrogen) atoms. The molecule has 0 saturated carbocycles. The van der Waals surface area contributed by atoms with E-state index in [9.17, 15) is 4.79 Å². The number of aromatic nitrogens is 4. The van der Waals surface area contributed by atoms with Crippen LogP contribution in [0.2, 0.25) is 0 Å². The standard InChI is InChI=1S/C19H21N5O2/c1-12-10-13(2)24(21-12)17-6-4-15(5-7-17)19(25)23-9-8-16(11-23)18-20-14(3)22-26-18/h4-7,10,16H,8-9,11H2,1-3H3/t16-/m0/s1. The lowest BCUT2D eigenvalue weighted by molar-refractivity contribution is 0.0789. The molecule has 134 valence electrons. The molecule has 0 spiro atoms. The van der Waals surface area contributed by atoms with Gasteiger partial charge in [0.05, 0.1) is 17.3 Å². The number of carbonyl (C=O) groups excluding carboxylic acids is 1. The van der Waals surface area contributed by atoms with Crippen molar-refractivity contribution in [2.75, 3.05) is 13.1 Å². The Hall–Kier alpha value is -2.96. The first kappa shape index (κ1) is 16.5. The van der Waals surface area contributed by atoms with Crippen molar-refractivity contribution in [2.24, 2.45) is 0 Å². The third kappa shape index (κ3) is 3.00. The van der Waals surface area contributed by atoms with Crippen LogP contribution < -0.4 is 0 Å². The first-order valence-corrected chi connectivity index (χ1v) is 8.74. The van der Waals surface area contributed by atoms with Crippen molar-refractivity contribution in [3.8, 4) is 5.69 Å². The Morgan fingerprint density at radius 2 is 1.96 bits per heavy atom. The van der Waals surface area contributed by atoms with E-state index in [2.05, 4.69) is 15.2 Å². The van der Waals surface area contributed by atoms with Crippen LogP contribution in [0.3, 0.4) is 0 Å². The van der Waals surface area contributed by atoms with Crippen molar-refractivity contribution in [2.45, 2.75) is 33.1 Å². The average molecular weight is 351 g/mol. The van der Waals surface area contributed by atoms with Crippen molar-refractivity contribution in [1.82, 2.24) is 24.8 Å². The molecular formula is C19H21N5O2. The van der Waals surface area contributed by atoms with Gasteiger partial charge in [-0.3, -0.25) is 4.79 Å². The fourth-order valence-electron chi connectivity index (χ4n) is 3.44. The molecule has 2 aromatic heterocycles. The molecule has 0 bridgehead atoms. The van der Waals surface area contributed by atoms with Gasteiger partial charge in [-0.2, -0.15) is 10.1 Å². The van der Waals surface area contributed by atoms with Gasteiger partial charge in [-0.1, -0.05) is 5.16 Å². The fraction of sp³-hybridized carbons (Fsp3) is 0.368. The summed E-state index contributed by atoms with van der Waals surface area (Å²) in [6.45, 7) is 7.10. The number of rotatable bonds is 3. The molecule has 1 amide bonds. The van der Waals surface area contributed by atoms with E-state index in [0.717, 1.165) is 23.5 Å². The molecule has 0 N–H and O–H groups in total. The molecule has 1 fully saturated rings. The topological polar surface area (TPSA) is 77.0 Å². The van der Waals surface area contributed by atoms with Crippen LogP contribution in [0.4, 0.5) is 0 Å². The SMILES string of the molecule is Cc1cc(C)n(-c2ccc(C(=O)N3CC[C@H](c4nc(C)no4)C3)cc2)n1. The normalized spacial score (nSPS) is 17.0. The van der Waals surface area contributed by atoms with Gasteiger partial charge in [-0.25, -0.2) is 4.68 Å². The summed E-state index contributed by atoms with van der Waals surface area (Å²) in [7, 11) is 0. The van der Waals surface area contributed by atoms with E-state index in [4.69, 9.17) is 4.52 Å². The van der Waals surface area contributed by atoms with E-state index < -0.39 is 0 Å². The Labute approximate surface area is 151 Å². The minimum Gasteiger partial charge on any atom is -0.339 e. The number of amides is 1. The van der Waals surface area contributed by atoms with Gasteiger partial charge in [0.1, 0.15) is 0 Å². The molecule has 1 saturated heterocycles. The Balaban J connectivity index is 1.48. The molecule has 1 aromatic carbocycles. The van der Waals surface area contributed by atoms with Gasteiger partial charge in [0, 0.05) is 24.3 Å². The van der Waals surface area contributed by atoms with Crippen LogP contribution in [0.25, 0.3) is 5.69 Å². The van der Waals surface area contributed by atoms with Crippen molar-refractivity contribution in [3.05, 3.63) is 59.0 Å². The summed E-state index contributed by atoms with van der Waals surface area (Å²) >= 11 is 0. The Bertz CT molecular complexity index is 941. The molecule has 1 aliphatic rings. The summed E-state index contributed by atoms with van der Waals surface area (Å²) in [6.07, 6.45) is 0.844. The van der Waals surface area contributed by atoms with Gasteiger partial charge in [0.2, 0.25) is 5.89 Å². The van der Waals surface area contributed by atoms with Crippen LogP contribution in [0.5, 0.6) is 0 Å². The molecule has 1 atom stereocenters. The molecule has 1 aliphatic heterocycles. The first-order chi connectivity index (χ1) is 12.5. The minimum atomic E-state index is 0.0312. The summed E-state index contributed by atoms with van der Waals surface area (Å²) in [6, 6.07) is 9.61. The van der Waals surface area contributed by atoms with Crippen LogP contribution in [-0.2, 0) is 0 Å². The molecule has 3 aromatic rings. The predicted molar refractivity (Wildman–Crippen MR) is 95.3 cm³/mol. The minimum absolute atomic E-state index is 0.0312. The van der Waals surface area contributed by atoms with Crippen molar-refractivity contribution in [1.29, 1.82) is 0 Å². The van der Waals surface area contributed by atoms with E-state index in [-0.39, 0.29) is 11.8 Å². The average Bonchev–Trinajstić information content (AvgIpc) is 3.34. The number of hydrogen-bond donors (Lipinski definition) is 0. The number of carbonyl (C=O) groups is 1. The molecular weight excluding hydrogens is 330 g/mol. The van der Waals surface area contributed by atoms with Crippen LogP contribution in [0.1, 0.15) is 45.8 Å². The quantitative estimate of drug-likeness (QED) is 0.725.